The molecule has 0 aromatic carbocycles. The molecule has 1 N–H and O–H groups in total. The first-order valence-electron chi connectivity index (χ1n) is 7.06. The fourth-order valence-corrected chi connectivity index (χ4v) is 2.51. The Kier molecular flexibility index (Phi) is 4.11. The van der Waals surface area contributed by atoms with Crippen LogP contribution < -0.4 is 5.32 Å². The van der Waals surface area contributed by atoms with E-state index in [2.05, 4.69) is 10.4 Å². The molecule has 6 nitrogen and oxygen atoms in total. The van der Waals surface area contributed by atoms with E-state index < -0.39 is 5.54 Å². The van der Waals surface area contributed by atoms with Gasteiger partial charge in [0, 0.05) is 31.4 Å². The number of carbonyl (C=O) groups is 2. The first-order chi connectivity index (χ1) is 9.46. The molecule has 0 aliphatic carbocycles. The van der Waals surface area contributed by atoms with Gasteiger partial charge >= 0.3 is 0 Å². The number of amides is 2. The molecule has 0 saturated carbocycles. The van der Waals surface area contributed by atoms with Gasteiger partial charge in [0.2, 0.25) is 11.8 Å². The molecule has 1 aromatic rings. The summed E-state index contributed by atoms with van der Waals surface area (Å²) in [5.74, 6) is -0.0673. The van der Waals surface area contributed by atoms with Crippen molar-refractivity contribution >= 4 is 11.8 Å². The van der Waals surface area contributed by atoms with E-state index in [-0.39, 0.29) is 17.9 Å². The first kappa shape index (κ1) is 14.6. The number of rotatable bonds is 4. The van der Waals surface area contributed by atoms with Crippen molar-refractivity contribution in [2.75, 3.05) is 6.54 Å². The van der Waals surface area contributed by atoms with E-state index in [0.717, 1.165) is 0 Å². The average molecular weight is 278 g/mol. The number of carbonyl (C=O) groups excluding carboxylic acids is 2. The van der Waals surface area contributed by atoms with E-state index >= 15 is 0 Å². The zero-order chi connectivity index (χ0) is 14.8. The van der Waals surface area contributed by atoms with Crippen molar-refractivity contribution in [3.8, 4) is 0 Å². The van der Waals surface area contributed by atoms with Crippen LogP contribution in [0.3, 0.4) is 0 Å². The summed E-state index contributed by atoms with van der Waals surface area (Å²) in [4.78, 5) is 26.4. The Balaban J connectivity index is 2.15. The van der Waals surface area contributed by atoms with Gasteiger partial charge in [-0.05, 0) is 26.3 Å². The Hall–Kier alpha value is -1.85. The number of hydrogen-bond acceptors (Lipinski definition) is 3. The van der Waals surface area contributed by atoms with E-state index in [4.69, 9.17) is 0 Å². The topological polar surface area (TPSA) is 67.2 Å². The van der Waals surface area contributed by atoms with Gasteiger partial charge < -0.3 is 10.2 Å². The predicted molar refractivity (Wildman–Crippen MR) is 74.9 cm³/mol. The Morgan fingerprint density at radius 3 is 2.80 bits per heavy atom. The Labute approximate surface area is 119 Å². The molecule has 1 aliphatic rings. The van der Waals surface area contributed by atoms with Gasteiger partial charge in [-0.25, -0.2) is 0 Å². The molecule has 2 atom stereocenters. The van der Waals surface area contributed by atoms with Crippen molar-refractivity contribution in [3.63, 3.8) is 0 Å². The van der Waals surface area contributed by atoms with Gasteiger partial charge in [-0.1, -0.05) is 6.92 Å². The second-order valence-electron chi connectivity index (χ2n) is 5.55. The maximum absolute atomic E-state index is 12.7. The molecule has 2 rings (SSSR count). The van der Waals surface area contributed by atoms with Crippen molar-refractivity contribution in [3.05, 3.63) is 18.5 Å². The lowest BCUT2D eigenvalue weighted by atomic mass is 9.97. The Morgan fingerprint density at radius 2 is 2.20 bits per heavy atom. The molecular weight excluding hydrogens is 256 g/mol. The second-order valence-corrected chi connectivity index (χ2v) is 5.55. The quantitative estimate of drug-likeness (QED) is 0.885. The fraction of sp³-hybridized carbons (Fsp3) is 0.643. The molecule has 2 heterocycles. The third kappa shape index (κ3) is 2.84. The number of nitrogens with zero attached hydrogens (tertiary/aromatic N) is 3. The van der Waals surface area contributed by atoms with Crippen LogP contribution in [-0.2, 0) is 16.1 Å². The predicted octanol–water partition coefficient (Wildman–Crippen LogP) is 0.789. The van der Waals surface area contributed by atoms with E-state index in [1.807, 2.05) is 26.1 Å². The van der Waals surface area contributed by atoms with Crippen LogP contribution in [0, 0.1) is 0 Å². The third-order valence-electron chi connectivity index (χ3n) is 4.00. The number of hydrogen-bond donors (Lipinski definition) is 1. The summed E-state index contributed by atoms with van der Waals surface area (Å²) in [7, 11) is 0. The van der Waals surface area contributed by atoms with E-state index in [0.29, 0.717) is 25.9 Å². The van der Waals surface area contributed by atoms with Crippen LogP contribution in [0.4, 0.5) is 0 Å². The monoisotopic (exact) mass is 278 g/mol. The van der Waals surface area contributed by atoms with Crippen molar-refractivity contribution in [1.82, 2.24) is 20.0 Å². The van der Waals surface area contributed by atoms with E-state index in [1.165, 1.54) is 0 Å². The van der Waals surface area contributed by atoms with Crippen molar-refractivity contribution in [2.24, 2.45) is 0 Å². The summed E-state index contributed by atoms with van der Waals surface area (Å²) >= 11 is 0. The summed E-state index contributed by atoms with van der Waals surface area (Å²) in [6.45, 7) is 6.83. The summed E-state index contributed by atoms with van der Waals surface area (Å²) in [5, 5.41) is 7.00. The van der Waals surface area contributed by atoms with Crippen LogP contribution in [0.1, 0.15) is 33.6 Å². The molecule has 2 amide bonds. The molecule has 0 spiro atoms. The highest BCUT2D eigenvalue weighted by atomic mass is 16.2. The molecule has 1 aliphatic heterocycles. The highest BCUT2D eigenvalue weighted by molar-refractivity contribution is 5.93. The SMILES string of the molecule is CCC1(C)NC(=O)CC(C)N(CCn2cccn2)C1=O. The number of nitrogens with one attached hydrogen (secondary N) is 1. The van der Waals surface area contributed by atoms with Crippen LogP contribution in [0.5, 0.6) is 0 Å². The summed E-state index contributed by atoms with van der Waals surface area (Å²) in [6, 6.07) is 1.76. The molecule has 110 valence electrons. The minimum Gasteiger partial charge on any atom is -0.342 e. The van der Waals surface area contributed by atoms with Gasteiger partial charge in [-0.2, -0.15) is 5.10 Å². The van der Waals surface area contributed by atoms with E-state index in [9.17, 15) is 9.59 Å². The lowest BCUT2D eigenvalue weighted by molar-refractivity contribution is -0.139. The lowest BCUT2D eigenvalue weighted by Crippen LogP contribution is -2.55. The van der Waals surface area contributed by atoms with Crippen LogP contribution in [-0.4, -0.2) is 44.6 Å². The van der Waals surface area contributed by atoms with Crippen LogP contribution in [0.2, 0.25) is 0 Å². The largest absolute Gasteiger partial charge is 0.342 e. The molecule has 1 saturated heterocycles. The molecule has 1 fully saturated rings. The molecule has 2 unspecified atom stereocenters. The maximum atomic E-state index is 12.7. The zero-order valence-electron chi connectivity index (χ0n) is 12.3. The normalized spacial score (nSPS) is 27.4. The van der Waals surface area contributed by atoms with Crippen molar-refractivity contribution in [1.29, 1.82) is 0 Å². The molecule has 1 aromatic heterocycles. The van der Waals surface area contributed by atoms with Crippen LogP contribution >= 0.6 is 0 Å². The molecule has 6 heteroatoms. The van der Waals surface area contributed by atoms with Gasteiger partial charge in [0.1, 0.15) is 5.54 Å². The maximum Gasteiger partial charge on any atom is 0.248 e. The smallest absolute Gasteiger partial charge is 0.248 e. The van der Waals surface area contributed by atoms with E-state index in [1.54, 1.807) is 22.7 Å². The molecule has 0 radical (unpaired) electrons. The Bertz CT molecular complexity index is 485. The first-order valence-corrected chi connectivity index (χ1v) is 7.06. The van der Waals surface area contributed by atoms with Crippen LogP contribution in [0.25, 0.3) is 0 Å². The molecule has 20 heavy (non-hydrogen) atoms. The zero-order valence-corrected chi connectivity index (χ0v) is 12.3. The lowest BCUT2D eigenvalue weighted by Gasteiger charge is -2.33. The van der Waals surface area contributed by atoms with Gasteiger partial charge in [-0.15, -0.1) is 0 Å². The van der Waals surface area contributed by atoms with Crippen molar-refractivity contribution < 1.29 is 9.59 Å². The Morgan fingerprint density at radius 1 is 1.45 bits per heavy atom. The van der Waals surface area contributed by atoms with Crippen molar-refractivity contribution in [2.45, 2.75) is 51.7 Å². The van der Waals surface area contributed by atoms with Gasteiger partial charge in [0.05, 0.1) is 6.54 Å². The number of aromatic nitrogens is 2. The highest BCUT2D eigenvalue weighted by Crippen LogP contribution is 2.21. The fourth-order valence-electron chi connectivity index (χ4n) is 2.51. The summed E-state index contributed by atoms with van der Waals surface area (Å²) < 4.78 is 1.80. The average Bonchev–Trinajstić information content (AvgIpc) is 2.88. The standard InChI is InChI=1S/C14H22N4O2/c1-4-14(3)13(20)18(11(2)10-12(19)16-14)9-8-17-7-5-6-15-17/h5-7,11H,4,8-10H2,1-3H3,(H,16,19). The van der Waals surface area contributed by atoms with Gasteiger partial charge in [-0.3, -0.25) is 14.3 Å². The van der Waals surface area contributed by atoms with Gasteiger partial charge in [0.15, 0.2) is 0 Å². The summed E-state index contributed by atoms with van der Waals surface area (Å²) in [5.41, 5.74) is -0.800. The molecule has 0 bridgehead atoms. The van der Waals surface area contributed by atoms with Gasteiger partial charge in [0.25, 0.3) is 0 Å². The highest BCUT2D eigenvalue weighted by Gasteiger charge is 2.41. The van der Waals surface area contributed by atoms with Crippen LogP contribution in [0.15, 0.2) is 18.5 Å². The summed E-state index contributed by atoms with van der Waals surface area (Å²) in [6.07, 6.45) is 4.52. The second kappa shape index (κ2) is 5.64. The minimum atomic E-state index is -0.800. The minimum absolute atomic E-state index is 0.00879. The molecular formula is C14H22N4O2. The third-order valence-corrected chi connectivity index (χ3v) is 4.00.